The molecule has 0 atom stereocenters. The van der Waals surface area contributed by atoms with Gasteiger partial charge >= 0.3 is 0 Å². The van der Waals surface area contributed by atoms with E-state index in [1.807, 2.05) is 23.6 Å². The van der Waals surface area contributed by atoms with Gasteiger partial charge in [0, 0.05) is 16.6 Å². The van der Waals surface area contributed by atoms with Crippen LogP contribution in [-0.2, 0) is 6.54 Å². The summed E-state index contributed by atoms with van der Waals surface area (Å²) in [7, 11) is 0. The van der Waals surface area contributed by atoms with Gasteiger partial charge in [0.15, 0.2) is 0 Å². The van der Waals surface area contributed by atoms with E-state index in [9.17, 15) is 4.39 Å². The lowest BCUT2D eigenvalue weighted by atomic mass is 10.2. The average molecular weight is 284 g/mol. The van der Waals surface area contributed by atoms with Gasteiger partial charge in [-0.05, 0) is 24.3 Å². The number of hydrogen-bond donors (Lipinski definition) is 1. The highest BCUT2D eigenvalue weighted by Gasteiger charge is 2.04. The molecule has 0 amide bonds. The zero-order valence-electron chi connectivity index (χ0n) is 10.7. The van der Waals surface area contributed by atoms with E-state index in [0.29, 0.717) is 6.54 Å². The summed E-state index contributed by atoms with van der Waals surface area (Å²) in [6.45, 7) is 0.634. The largest absolute Gasteiger partial charge is 0.379 e. The Bertz CT molecular complexity index is 677. The third-order valence-corrected chi connectivity index (χ3v) is 3.83. The molecule has 0 bridgehead atoms. The summed E-state index contributed by atoms with van der Waals surface area (Å²) in [4.78, 5) is 4.60. The number of nitrogens with one attached hydrogen (secondary N) is 1. The second kappa shape index (κ2) is 5.84. The molecule has 0 spiro atoms. The van der Waals surface area contributed by atoms with Crippen molar-refractivity contribution in [2.24, 2.45) is 0 Å². The van der Waals surface area contributed by atoms with Gasteiger partial charge in [0.25, 0.3) is 0 Å². The van der Waals surface area contributed by atoms with Crippen LogP contribution in [0, 0.1) is 5.82 Å². The first-order valence-electron chi connectivity index (χ1n) is 6.30. The number of anilines is 1. The fourth-order valence-corrected chi connectivity index (χ4v) is 2.69. The molecule has 2 nitrogen and oxygen atoms in total. The van der Waals surface area contributed by atoms with E-state index in [1.54, 1.807) is 23.5 Å². The third kappa shape index (κ3) is 3.03. The smallest absolute Gasteiger partial charge is 0.123 e. The Labute approximate surface area is 120 Å². The Kier molecular flexibility index (Phi) is 3.74. The summed E-state index contributed by atoms with van der Waals surface area (Å²) < 4.78 is 12.8. The van der Waals surface area contributed by atoms with Gasteiger partial charge in [-0.25, -0.2) is 9.37 Å². The van der Waals surface area contributed by atoms with Gasteiger partial charge in [0.05, 0.1) is 12.2 Å². The zero-order valence-corrected chi connectivity index (χ0v) is 11.5. The van der Waals surface area contributed by atoms with Crippen LogP contribution in [0.4, 0.5) is 10.1 Å². The van der Waals surface area contributed by atoms with Crippen LogP contribution in [0.25, 0.3) is 10.6 Å². The third-order valence-electron chi connectivity index (χ3n) is 2.89. The van der Waals surface area contributed by atoms with E-state index in [0.717, 1.165) is 22.0 Å². The highest BCUT2D eigenvalue weighted by Crippen LogP contribution is 2.23. The molecule has 20 heavy (non-hydrogen) atoms. The van der Waals surface area contributed by atoms with Gasteiger partial charge in [-0.15, -0.1) is 11.3 Å². The lowest BCUT2D eigenvalue weighted by Gasteiger charge is -2.03. The van der Waals surface area contributed by atoms with Crippen LogP contribution in [0.3, 0.4) is 0 Å². The van der Waals surface area contributed by atoms with Crippen molar-refractivity contribution >= 4 is 17.0 Å². The maximum atomic E-state index is 12.8. The maximum Gasteiger partial charge on any atom is 0.123 e. The molecule has 0 aliphatic carbocycles. The SMILES string of the molecule is Fc1ccc(NCc2csc(-c3ccccc3)n2)cc1. The van der Waals surface area contributed by atoms with Crippen molar-refractivity contribution in [3.63, 3.8) is 0 Å². The predicted octanol–water partition coefficient (Wildman–Crippen LogP) is 4.56. The summed E-state index contributed by atoms with van der Waals surface area (Å²) in [5.74, 6) is -0.226. The van der Waals surface area contributed by atoms with E-state index in [-0.39, 0.29) is 5.82 Å². The van der Waals surface area contributed by atoms with E-state index < -0.39 is 0 Å². The van der Waals surface area contributed by atoms with Crippen LogP contribution >= 0.6 is 11.3 Å². The molecule has 2 aromatic carbocycles. The molecule has 0 aliphatic rings. The van der Waals surface area contributed by atoms with Crippen LogP contribution < -0.4 is 5.32 Å². The Hall–Kier alpha value is -2.20. The number of aromatic nitrogens is 1. The molecule has 0 fully saturated rings. The summed E-state index contributed by atoms with van der Waals surface area (Å²) in [6.07, 6.45) is 0. The van der Waals surface area contributed by atoms with Crippen LogP contribution in [-0.4, -0.2) is 4.98 Å². The van der Waals surface area contributed by atoms with E-state index >= 15 is 0 Å². The lowest BCUT2D eigenvalue weighted by molar-refractivity contribution is 0.628. The number of thiazole rings is 1. The van der Waals surface area contributed by atoms with Crippen molar-refractivity contribution < 1.29 is 4.39 Å². The van der Waals surface area contributed by atoms with Crippen molar-refractivity contribution in [3.05, 3.63) is 71.5 Å². The fourth-order valence-electron chi connectivity index (χ4n) is 1.86. The Balaban J connectivity index is 1.67. The standard InChI is InChI=1S/C16H13FN2S/c17-13-6-8-14(9-7-13)18-10-15-11-20-16(19-15)12-4-2-1-3-5-12/h1-9,11,18H,10H2. The minimum absolute atomic E-state index is 0.226. The summed E-state index contributed by atoms with van der Waals surface area (Å²) >= 11 is 1.63. The molecule has 0 radical (unpaired) electrons. The van der Waals surface area contributed by atoms with Gasteiger partial charge in [-0.2, -0.15) is 0 Å². The highest BCUT2D eigenvalue weighted by atomic mass is 32.1. The van der Waals surface area contributed by atoms with Crippen molar-refractivity contribution in [1.82, 2.24) is 4.98 Å². The predicted molar refractivity (Wildman–Crippen MR) is 81.3 cm³/mol. The molecule has 0 aliphatic heterocycles. The lowest BCUT2D eigenvalue weighted by Crippen LogP contribution is -1.99. The molecular weight excluding hydrogens is 271 g/mol. The monoisotopic (exact) mass is 284 g/mol. The summed E-state index contributed by atoms with van der Waals surface area (Å²) in [5.41, 5.74) is 3.00. The van der Waals surface area contributed by atoms with Crippen molar-refractivity contribution in [2.75, 3.05) is 5.32 Å². The molecule has 1 heterocycles. The zero-order chi connectivity index (χ0) is 13.8. The van der Waals surface area contributed by atoms with Crippen LogP contribution in [0.1, 0.15) is 5.69 Å². The molecule has 4 heteroatoms. The molecule has 100 valence electrons. The number of rotatable bonds is 4. The Morgan fingerprint density at radius 3 is 2.50 bits per heavy atom. The molecule has 1 aromatic heterocycles. The van der Waals surface area contributed by atoms with Gasteiger partial charge < -0.3 is 5.32 Å². The molecule has 3 rings (SSSR count). The number of nitrogens with zero attached hydrogens (tertiary/aromatic N) is 1. The number of benzene rings is 2. The first-order chi connectivity index (χ1) is 9.81. The fraction of sp³-hybridized carbons (Fsp3) is 0.0625. The molecular formula is C16H13FN2S. The molecule has 1 N–H and O–H groups in total. The average Bonchev–Trinajstić information content (AvgIpc) is 2.97. The van der Waals surface area contributed by atoms with Gasteiger partial charge in [-0.1, -0.05) is 30.3 Å². The molecule has 0 saturated carbocycles. The van der Waals surface area contributed by atoms with Gasteiger partial charge in [-0.3, -0.25) is 0 Å². The van der Waals surface area contributed by atoms with Crippen LogP contribution in [0.5, 0.6) is 0 Å². The minimum Gasteiger partial charge on any atom is -0.379 e. The van der Waals surface area contributed by atoms with Gasteiger partial charge in [0.1, 0.15) is 10.8 Å². The number of halogens is 1. The van der Waals surface area contributed by atoms with E-state index in [2.05, 4.69) is 22.4 Å². The topological polar surface area (TPSA) is 24.9 Å². The first-order valence-corrected chi connectivity index (χ1v) is 7.18. The normalized spacial score (nSPS) is 10.4. The second-order valence-corrected chi connectivity index (χ2v) is 5.23. The minimum atomic E-state index is -0.226. The summed E-state index contributed by atoms with van der Waals surface area (Å²) in [5, 5.41) is 6.29. The van der Waals surface area contributed by atoms with Crippen molar-refractivity contribution in [1.29, 1.82) is 0 Å². The number of hydrogen-bond acceptors (Lipinski definition) is 3. The van der Waals surface area contributed by atoms with Gasteiger partial charge in [0.2, 0.25) is 0 Å². The molecule has 0 unspecified atom stereocenters. The summed E-state index contributed by atoms with van der Waals surface area (Å²) in [6, 6.07) is 16.4. The first kappa shape index (κ1) is 12.8. The Morgan fingerprint density at radius 1 is 1.00 bits per heavy atom. The van der Waals surface area contributed by atoms with Crippen LogP contribution in [0.15, 0.2) is 60.0 Å². The van der Waals surface area contributed by atoms with Crippen molar-refractivity contribution in [3.8, 4) is 10.6 Å². The molecule has 0 saturated heterocycles. The van der Waals surface area contributed by atoms with Crippen molar-refractivity contribution in [2.45, 2.75) is 6.54 Å². The Morgan fingerprint density at radius 2 is 1.75 bits per heavy atom. The van der Waals surface area contributed by atoms with E-state index in [4.69, 9.17) is 0 Å². The van der Waals surface area contributed by atoms with Crippen LogP contribution in [0.2, 0.25) is 0 Å². The molecule has 3 aromatic rings. The van der Waals surface area contributed by atoms with E-state index in [1.165, 1.54) is 12.1 Å². The maximum absolute atomic E-state index is 12.8. The highest BCUT2D eigenvalue weighted by molar-refractivity contribution is 7.13. The second-order valence-electron chi connectivity index (χ2n) is 4.37. The quantitative estimate of drug-likeness (QED) is 0.759.